The predicted molar refractivity (Wildman–Crippen MR) is 109 cm³/mol. The summed E-state index contributed by atoms with van der Waals surface area (Å²) < 4.78 is 0. The quantitative estimate of drug-likeness (QED) is 0.224. The second kappa shape index (κ2) is 7.02. The number of hydrogen-bond acceptors (Lipinski definition) is 7. The second-order valence-electron chi connectivity index (χ2n) is 5.97. The Hall–Kier alpha value is -2.89. The summed E-state index contributed by atoms with van der Waals surface area (Å²) in [7, 11) is 0. The lowest BCUT2D eigenvalue weighted by Gasteiger charge is -2.04. The molecule has 3 heterocycles. The normalized spacial score (nSPS) is 12.3. The van der Waals surface area contributed by atoms with E-state index in [9.17, 15) is 10.4 Å². The molecule has 0 spiro atoms. The third-order valence-corrected chi connectivity index (χ3v) is 6.42. The number of imidazole rings is 1. The van der Waals surface area contributed by atoms with Gasteiger partial charge in [-0.2, -0.15) is 5.26 Å². The van der Waals surface area contributed by atoms with Crippen molar-refractivity contribution in [3.05, 3.63) is 52.6 Å². The van der Waals surface area contributed by atoms with Crippen LogP contribution in [0.2, 0.25) is 0 Å². The van der Waals surface area contributed by atoms with Crippen LogP contribution in [0.15, 0.2) is 41.4 Å². The number of nitriles is 1. The third-order valence-electron chi connectivity index (χ3n) is 4.30. The van der Waals surface area contributed by atoms with Crippen LogP contribution in [0.1, 0.15) is 16.3 Å². The van der Waals surface area contributed by atoms with Gasteiger partial charge in [-0.1, -0.05) is 23.9 Å². The minimum Gasteiger partial charge on any atom is -0.510 e. The number of benzene rings is 1. The van der Waals surface area contributed by atoms with E-state index in [1.807, 2.05) is 31.2 Å². The lowest BCUT2D eigenvalue weighted by atomic mass is 10.2. The maximum atomic E-state index is 10.5. The average molecular weight is 393 g/mol. The summed E-state index contributed by atoms with van der Waals surface area (Å²) in [6.45, 7) is 4.11. The molecule has 0 radical (unpaired) electrons. The molecule has 4 aromatic rings. The fourth-order valence-electron chi connectivity index (χ4n) is 2.79. The number of para-hydroxylation sites is 2. The largest absolute Gasteiger partial charge is 0.510 e. The number of aryl methyl sites for hydroxylation is 2. The summed E-state index contributed by atoms with van der Waals surface area (Å²) >= 11 is 3.02. The van der Waals surface area contributed by atoms with Gasteiger partial charge in [0, 0.05) is 10.3 Å². The van der Waals surface area contributed by atoms with Gasteiger partial charge in [0.2, 0.25) is 0 Å². The number of fused-ring (bicyclic) bond motifs is 2. The van der Waals surface area contributed by atoms with Crippen LogP contribution in [0.5, 0.6) is 0 Å². The molecule has 1 aromatic carbocycles. The Kier molecular flexibility index (Phi) is 4.56. The van der Waals surface area contributed by atoms with Crippen LogP contribution in [-0.2, 0) is 0 Å². The number of nitrogens with one attached hydrogen (secondary N) is 1. The van der Waals surface area contributed by atoms with Crippen molar-refractivity contribution >= 4 is 49.9 Å². The number of H-pyrrole nitrogens is 1. The first kappa shape index (κ1) is 17.5. The first-order chi connectivity index (χ1) is 13.1. The van der Waals surface area contributed by atoms with Gasteiger partial charge in [-0.3, -0.25) is 0 Å². The van der Waals surface area contributed by atoms with Crippen molar-refractivity contribution in [2.45, 2.75) is 18.9 Å². The van der Waals surface area contributed by atoms with E-state index in [0.717, 1.165) is 31.8 Å². The number of aromatic amines is 1. The molecule has 0 atom stereocenters. The Morgan fingerprint density at radius 3 is 2.89 bits per heavy atom. The smallest absolute Gasteiger partial charge is 0.152 e. The van der Waals surface area contributed by atoms with Crippen molar-refractivity contribution in [1.29, 1.82) is 5.26 Å². The summed E-state index contributed by atoms with van der Waals surface area (Å²) in [6.07, 6.45) is 1.53. The van der Waals surface area contributed by atoms with Gasteiger partial charge in [0.1, 0.15) is 33.6 Å². The van der Waals surface area contributed by atoms with E-state index >= 15 is 0 Å². The molecule has 0 aliphatic heterocycles. The molecule has 0 unspecified atom stereocenters. The summed E-state index contributed by atoms with van der Waals surface area (Å²) in [5, 5.41) is 21.9. The van der Waals surface area contributed by atoms with Gasteiger partial charge in [-0.05, 0) is 31.5 Å². The zero-order valence-corrected chi connectivity index (χ0v) is 16.3. The van der Waals surface area contributed by atoms with Crippen molar-refractivity contribution in [2.24, 2.45) is 0 Å². The van der Waals surface area contributed by atoms with E-state index in [1.54, 1.807) is 11.3 Å². The SMILES string of the molecule is Cc1sc2ncnc(SCC(O)=C(C#N)c3nc4ccccc4[nH]3)c2c1C. The molecule has 0 amide bonds. The second-order valence-corrected chi connectivity index (χ2v) is 8.13. The van der Waals surface area contributed by atoms with Crippen LogP contribution in [-0.4, -0.2) is 30.8 Å². The summed E-state index contributed by atoms with van der Waals surface area (Å²) in [4.78, 5) is 18.3. The van der Waals surface area contributed by atoms with Crippen molar-refractivity contribution in [2.75, 3.05) is 5.75 Å². The molecule has 0 bridgehead atoms. The molecule has 6 nitrogen and oxygen atoms in total. The number of hydrogen-bond donors (Lipinski definition) is 2. The highest BCUT2D eigenvalue weighted by molar-refractivity contribution is 7.99. The molecule has 27 heavy (non-hydrogen) atoms. The number of allylic oxidation sites excluding steroid dienone is 1. The molecular weight excluding hydrogens is 378 g/mol. The number of aliphatic hydroxyl groups is 1. The van der Waals surface area contributed by atoms with Gasteiger partial charge in [0.25, 0.3) is 0 Å². The maximum absolute atomic E-state index is 10.5. The molecule has 0 fully saturated rings. The molecule has 0 saturated heterocycles. The van der Waals surface area contributed by atoms with Crippen LogP contribution in [0.4, 0.5) is 0 Å². The van der Waals surface area contributed by atoms with Gasteiger partial charge in [0.05, 0.1) is 16.8 Å². The fraction of sp³-hybridized carbons (Fsp3) is 0.158. The third kappa shape index (κ3) is 3.16. The van der Waals surface area contributed by atoms with Crippen LogP contribution in [0, 0.1) is 25.2 Å². The highest BCUT2D eigenvalue weighted by Gasteiger charge is 2.16. The van der Waals surface area contributed by atoms with Crippen molar-refractivity contribution in [1.82, 2.24) is 19.9 Å². The predicted octanol–water partition coefficient (Wildman–Crippen LogP) is 4.77. The molecule has 4 rings (SSSR count). The number of aromatic nitrogens is 4. The summed E-state index contributed by atoms with van der Waals surface area (Å²) in [6, 6.07) is 9.57. The topological polar surface area (TPSA) is 98.5 Å². The van der Waals surface area contributed by atoms with Crippen LogP contribution in [0.3, 0.4) is 0 Å². The molecular formula is C19H15N5OS2. The molecule has 134 valence electrons. The standard InChI is InChI=1S/C19H15N5OS2/c1-10-11(2)27-19-16(10)18(21-9-22-19)26-8-15(25)12(7-20)17-23-13-5-3-4-6-14(13)24-17/h3-6,9,25H,8H2,1-2H3,(H,23,24). The highest BCUT2D eigenvalue weighted by Crippen LogP contribution is 2.35. The summed E-state index contributed by atoms with van der Waals surface area (Å²) in [5.74, 6) is 0.561. The van der Waals surface area contributed by atoms with Gasteiger partial charge in [-0.15, -0.1) is 11.3 Å². The fourth-order valence-corrected chi connectivity index (χ4v) is 4.79. The lowest BCUT2D eigenvalue weighted by molar-refractivity contribution is 0.420. The molecule has 0 saturated carbocycles. The number of thioether (sulfide) groups is 1. The van der Waals surface area contributed by atoms with Gasteiger partial charge in [0.15, 0.2) is 5.82 Å². The van der Waals surface area contributed by atoms with E-state index in [2.05, 4.69) is 32.9 Å². The molecule has 0 aliphatic rings. The van der Waals surface area contributed by atoms with E-state index in [-0.39, 0.29) is 17.1 Å². The van der Waals surface area contributed by atoms with Gasteiger partial charge < -0.3 is 10.1 Å². The van der Waals surface area contributed by atoms with Crippen LogP contribution >= 0.6 is 23.1 Å². The van der Waals surface area contributed by atoms with Gasteiger partial charge >= 0.3 is 0 Å². The Balaban J connectivity index is 1.66. The van der Waals surface area contributed by atoms with Crippen LogP contribution < -0.4 is 0 Å². The first-order valence-electron chi connectivity index (χ1n) is 8.19. The zero-order valence-electron chi connectivity index (χ0n) is 14.6. The van der Waals surface area contributed by atoms with Crippen LogP contribution in [0.25, 0.3) is 26.8 Å². The first-order valence-corrected chi connectivity index (χ1v) is 9.99. The number of nitrogens with zero attached hydrogens (tertiary/aromatic N) is 4. The lowest BCUT2D eigenvalue weighted by Crippen LogP contribution is -1.96. The van der Waals surface area contributed by atoms with Crippen molar-refractivity contribution < 1.29 is 5.11 Å². The summed E-state index contributed by atoms with van der Waals surface area (Å²) in [5.41, 5.74) is 2.87. The Labute approximate surface area is 163 Å². The minimum atomic E-state index is -0.0297. The van der Waals surface area contributed by atoms with E-state index in [0.29, 0.717) is 5.82 Å². The van der Waals surface area contributed by atoms with Gasteiger partial charge in [-0.25, -0.2) is 15.0 Å². The zero-order chi connectivity index (χ0) is 19.0. The van der Waals surface area contributed by atoms with E-state index in [1.165, 1.54) is 23.0 Å². The molecule has 3 aromatic heterocycles. The van der Waals surface area contributed by atoms with E-state index < -0.39 is 0 Å². The van der Waals surface area contributed by atoms with Crippen molar-refractivity contribution in [3.63, 3.8) is 0 Å². The number of thiophene rings is 1. The average Bonchev–Trinajstić information content (AvgIpc) is 3.22. The Morgan fingerprint density at radius 1 is 1.30 bits per heavy atom. The Morgan fingerprint density at radius 2 is 2.11 bits per heavy atom. The maximum Gasteiger partial charge on any atom is 0.152 e. The monoisotopic (exact) mass is 393 g/mol. The van der Waals surface area contributed by atoms with Crippen molar-refractivity contribution in [3.8, 4) is 6.07 Å². The highest BCUT2D eigenvalue weighted by atomic mass is 32.2. The molecule has 0 aliphatic carbocycles. The number of rotatable bonds is 4. The molecule has 8 heteroatoms. The number of aliphatic hydroxyl groups excluding tert-OH is 1. The Bertz CT molecular complexity index is 1200. The van der Waals surface area contributed by atoms with E-state index in [4.69, 9.17) is 0 Å². The molecule has 2 N–H and O–H groups in total. The minimum absolute atomic E-state index is 0.0297.